The summed E-state index contributed by atoms with van der Waals surface area (Å²) in [6, 6.07) is 5.43. The molecule has 0 saturated carbocycles. The normalized spacial score (nSPS) is 16.0. The summed E-state index contributed by atoms with van der Waals surface area (Å²) in [6.07, 6.45) is 1.30. The van der Waals surface area contributed by atoms with Crippen molar-refractivity contribution < 1.29 is 29.1 Å². The number of carboxylic acids is 1. The van der Waals surface area contributed by atoms with Gasteiger partial charge in [0, 0.05) is 23.7 Å². The number of carbonyl (C=O) groups excluding carboxylic acids is 4. The maximum Gasteiger partial charge on any atom is 0.335 e. The first-order valence-corrected chi connectivity index (χ1v) is 9.94. The van der Waals surface area contributed by atoms with E-state index in [0.29, 0.717) is 22.6 Å². The molecule has 0 bridgehead atoms. The highest BCUT2D eigenvalue weighted by molar-refractivity contribution is 8.15. The molecule has 1 unspecified atom stereocenters. The molecule has 2 heterocycles. The molecule has 4 amide bonds. The number of hydrogen-bond acceptors (Lipinski definition) is 8. The second-order valence-corrected chi connectivity index (χ2v) is 7.87. The summed E-state index contributed by atoms with van der Waals surface area (Å²) >= 11 is 1.92. The number of nitrogens with zero attached hydrogens (tertiary/aromatic N) is 2. The summed E-state index contributed by atoms with van der Waals surface area (Å²) in [7, 11) is 0. The number of benzene rings is 1. The van der Waals surface area contributed by atoms with Crippen LogP contribution in [-0.4, -0.2) is 55.7 Å². The fourth-order valence-corrected chi connectivity index (χ4v) is 3.97. The Kier molecular flexibility index (Phi) is 6.24. The van der Waals surface area contributed by atoms with Crippen LogP contribution in [0.2, 0.25) is 0 Å². The fourth-order valence-electron chi connectivity index (χ4n) is 2.44. The van der Waals surface area contributed by atoms with Crippen LogP contribution in [0.1, 0.15) is 16.8 Å². The molecule has 29 heavy (non-hydrogen) atoms. The number of carbonyl (C=O) groups is 5. The average molecular weight is 434 g/mol. The number of imide groups is 1. The molecule has 1 aromatic heterocycles. The molecule has 1 aliphatic heterocycles. The van der Waals surface area contributed by atoms with Crippen molar-refractivity contribution in [1.29, 1.82) is 0 Å². The minimum absolute atomic E-state index is 0.0585. The summed E-state index contributed by atoms with van der Waals surface area (Å²) in [6.45, 7) is -0.504. The first-order chi connectivity index (χ1) is 13.8. The maximum absolute atomic E-state index is 12.4. The van der Waals surface area contributed by atoms with Gasteiger partial charge in [0.25, 0.3) is 5.24 Å². The van der Waals surface area contributed by atoms with Gasteiger partial charge in [0.1, 0.15) is 11.8 Å². The van der Waals surface area contributed by atoms with Crippen molar-refractivity contribution in [2.24, 2.45) is 0 Å². The van der Waals surface area contributed by atoms with Gasteiger partial charge in [-0.2, -0.15) is 0 Å². The van der Waals surface area contributed by atoms with E-state index < -0.39 is 40.7 Å². The van der Waals surface area contributed by atoms with Gasteiger partial charge in [0.15, 0.2) is 5.13 Å². The van der Waals surface area contributed by atoms with Crippen LogP contribution in [0.15, 0.2) is 35.8 Å². The van der Waals surface area contributed by atoms with E-state index in [4.69, 9.17) is 5.11 Å². The summed E-state index contributed by atoms with van der Waals surface area (Å²) in [4.78, 5) is 64.2. The van der Waals surface area contributed by atoms with Crippen LogP contribution in [0.3, 0.4) is 0 Å². The van der Waals surface area contributed by atoms with Gasteiger partial charge in [0.05, 0.1) is 5.56 Å². The third-order valence-electron chi connectivity index (χ3n) is 3.77. The van der Waals surface area contributed by atoms with Crippen molar-refractivity contribution in [3.05, 3.63) is 41.4 Å². The molecule has 10 nitrogen and oxygen atoms in total. The third kappa shape index (κ3) is 5.18. The van der Waals surface area contributed by atoms with Crippen molar-refractivity contribution in [1.82, 2.24) is 9.88 Å². The van der Waals surface area contributed by atoms with Gasteiger partial charge in [-0.3, -0.25) is 24.1 Å². The van der Waals surface area contributed by atoms with Gasteiger partial charge in [-0.15, -0.1) is 11.3 Å². The van der Waals surface area contributed by atoms with Crippen LogP contribution in [0.5, 0.6) is 0 Å². The van der Waals surface area contributed by atoms with E-state index >= 15 is 0 Å². The highest BCUT2D eigenvalue weighted by atomic mass is 32.2. The number of thioether (sulfide) groups is 1. The molecule has 1 atom stereocenters. The SMILES string of the molecule is O=C(CN1C(=O)SC(CC(=O)Nc2nccs2)C1=O)Nc1ccc(C(=O)O)cc1. The molecule has 1 aromatic carbocycles. The molecule has 3 N–H and O–H groups in total. The Labute approximate surface area is 172 Å². The number of aromatic nitrogens is 1. The van der Waals surface area contributed by atoms with Crippen molar-refractivity contribution in [2.45, 2.75) is 11.7 Å². The van der Waals surface area contributed by atoms with E-state index in [2.05, 4.69) is 15.6 Å². The number of thiazole rings is 1. The molecule has 3 rings (SSSR count). The summed E-state index contributed by atoms with van der Waals surface area (Å²) < 4.78 is 0. The van der Waals surface area contributed by atoms with E-state index in [9.17, 15) is 24.0 Å². The molecular weight excluding hydrogens is 420 g/mol. The lowest BCUT2D eigenvalue weighted by molar-refractivity contribution is -0.131. The number of carboxylic acid groups (broad SMARTS) is 1. The molecule has 2 aromatic rings. The Hall–Kier alpha value is -3.25. The van der Waals surface area contributed by atoms with Crippen LogP contribution < -0.4 is 10.6 Å². The highest BCUT2D eigenvalue weighted by Gasteiger charge is 2.41. The van der Waals surface area contributed by atoms with Crippen molar-refractivity contribution in [3.8, 4) is 0 Å². The third-order valence-corrected chi connectivity index (χ3v) is 5.54. The maximum atomic E-state index is 12.4. The molecule has 0 radical (unpaired) electrons. The van der Waals surface area contributed by atoms with E-state index in [1.165, 1.54) is 41.8 Å². The quantitative estimate of drug-likeness (QED) is 0.599. The van der Waals surface area contributed by atoms with Crippen molar-refractivity contribution >= 4 is 62.8 Å². The van der Waals surface area contributed by atoms with Crippen molar-refractivity contribution in [3.63, 3.8) is 0 Å². The smallest absolute Gasteiger partial charge is 0.335 e. The lowest BCUT2D eigenvalue weighted by atomic mass is 10.2. The van der Waals surface area contributed by atoms with Gasteiger partial charge < -0.3 is 15.7 Å². The number of hydrogen-bond donors (Lipinski definition) is 3. The predicted octanol–water partition coefficient (Wildman–Crippen LogP) is 1.87. The van der Waals surface area contributed by atoms with E-state index in [1.807, 2.05) is 0 Å². The van der Waals surface area contributed by atoms with Crippen LogP contribution in [0.4, 0.5) is 15.6 Å². The Morgan fingerprint density at radius 2 is 1.83 bits per heavy atom. The second kappa shape index (κ2) is 8.84. The van der Waals surface area contributed by atoms with Crippen LogP contribution >= 0.6 is 23.1 Å². The van der Waals surface area contributed by atoms with E-state index in [-0.39, 0.29) is 12.0 Å². The lowest BCUT2D eigenvalue weighted by Gasteiger charge is -2.13. The molecule has 12 heteroatoms. The zero-order valence-electron chi connectivity index (χ0n) is 14.7. The molecule has 1 fully saturated rings. The molecule has 150 valence electrons. The largest absolute Gasteiger partial charge is 0.478 e. The van der Waals surface area contributed by atoms with Gasteiger partial charge in [-0.05, 0) is 24.3 Å². The number of rotatable bonds is 7. The molecular formula is C17H14N4O6S2. The second-order valence-electron chi connectivity index (χ2n) is 5.82. The van der Waals surface area contributed by atoms with Gasteiger partial charge in [-0.1, -0.05) is 11.8 Å². The molecule has 1 saturated heterocycles. The van der Waals surface area contributed by atoms with Crippen LogP contribution in [0.25, 0.3) is 0 Å². The average Bonchev–Trinajstić information content (AvgIpc) is 3.26. The van der Waals surface area contributed by atoms with E-state index in [0.717, 1.165) is 4.90 Å². The zero-order chi connectivity index (χ0) is 21.0. The predicted molar refractivity (Wildman–Crippen MR) is 106 cm³/mol. The minimum Gasteiger partial charge on any atom is -0.478 e. The van der Waals surface area contributed by atoms with Crippen molar-refractivity contribution in [2.75, 3.05) is 17.2 Å². The lowest BCUT2D eigenvalue weighted by Crippen LogP contribution is -2.38. The van der Waals surface area contributed by atoms with E-state index in [1.54, 1.807) is 5.38 Å². The summed E-state index contributed by atoms with van der Waals surface area (Å²) in [5, 5.41) is 14.4. The molecule has 1 aliphatic rings. The Balaban J connectivity index is 1.54. The first-order valence-electron chi connectivity index (χ1n) is 8.18. The Morgan fingerprint density at radius 1 is 1.10 bits per heavy atom. The van der Waals surface area contributed by atoms with Gasteiger partial charge in [0.2, 0.25) is 17.7 Å². The topological polar surface area (TPSA) is 146 Å². The highest BCUT2D eigenvalue weighted by Crippen LogP contribution is 2.29. The first kappa shape index (κ1) is 20.5. The fraction of sp³-hybridized carbons (Fsp3) is 0.176. The number of anilines is 2. The monoisotopic (exact) mass is 434 g/mol. The van der Waals surface area contributed by atoms with Crippen LogP contribution in [0, 0.1) is 0 Å². The zero-order valence-corrected chi connectivity index (χ0v) is 16.3. The standard InChI is InChI=1S/C17H14N4O6S2/c22-12(20-16-18-5-6-28-16)7-11-14(24)21(17(27)29-11)8-13(23)19-10-3-1-9(2-4-10)15(25)26/h1-6,11H,7-8H2,(H,19,23)(H,25,26)(H,18,20,22). The summed E-state index contributed by atoms with van der Waals surface area (Å²) in [5.41, 5.74) is 0.384. The molecule has 0 aliphatic carbocycles. The van der Waals surface area contributed by atoms with Crippen LogP contribution in [-0.2, 0) is 14.4 Å². The number of aromatic carboxylic acids is 1. The number of amides is 4. The Bertz CT molecular complexity index is 961. The van der Waals surface area contributed by atoms with Gasteiger partial charge in [-0.25, -0.2) is 9.78 Å². The number of nitrogens with one attached hydrogen (secondary N) is 2. The Morgan fingerprint density at radius 3 is 2.45 bits per heavy atom. The summed E-state index contributed by atoms with van der Waals surface area (Å²) in [5.74, 6) is -2.80. The minimum atomic E-state index is -1.10. The van der Waals surface area contributed by atoms with Gasteiger partial charge >= 0.3 is 5.97 Å². The molecule has 0 spiro atoms.